The summed E-state index contributed by atoms with van der Waals surface area (Å²) in [5, 5.41) is 2.71. The second-order valence-electron chi connectivity index (χ2n) is 4.14. The van der Waals surface area contributed by atoms with Crippen LogP contribution in [0.1, 0.15) is 12.5 Å². The fourth-order valence-electron chi connectivity index (χ4n) is 1.76. The van der Waals surface area contributed by atoms with Gasteiger partial charge in [0.15, 0.2) is 0 Å². The largest absolute Gasteiger partial charge is 0.476 e. The zero-order chi connectivity index (χ0) is 14.4. The number of hydrogen-bond acceptors (Lipinski definition) is 3. The third-order valence-corrected chi connectivity index (χ3v) is 2.58. The molecule has 1 N–H and O–H groups in total. The van der Waals surface area contributed by atoms with E-state index in [0.29, 0.717) is 23.7 Å². The highest BCUT2D eigenvalue weighted by Crippen LogP contribution is 2.20. The molecule has 0 unspecified atom stereocenters. The first-order valence-corrected chi connectivity index (χ1v) is 6.31. The van der Waals surface area contributed by atoms with Crippen molar-refractivity contribution in [1.29, 1.82) is 0 Å². The maximum atomic E-state index is 13.0. The molecule has 0 aliphatic rings. The van der Waals surface area contributed by atoms with Gasteiger partial charge in [-0.2, -0.15) is 0 Å². The Kier molecular flexibility index (Phi) is 4.65. The van der Waals surface area contributed by atoms with Gasteiger partial charge in [-0.25, -0.2) is 9.37 Å². The van der Waals surface area contributed by atoms with Gasteiger partial charge in [-0.05, 0) is 36.8 Å². The van der Waals surface area contributed by atoms with Crippen LogP contribution in [0.15, 0.2) is 42.6 Å². The monoisotopic (exact) mass is 274 g/mol. The average molecular weight is 274 g/mol. The molecule has 0 spiro atoms. The summed E-state index contributed by atoms with van der Waals surface area (Å²) in [6.07, 6.45) is 1.69. The fourth-order valence-corrected chi connectivity index (χ4v) is 1.76. The third-order valence-electron chi connectivity index (χ3n) is 2.58. The Hall–Kier alpha value is -2.43. The van der Waals surface area contributed by atoms with Crippen molar-refractivity contribution in [2.75, 3.05) is 11.9 Å². The van der Waals surface area contributed by atoms with Crippen molar-refractivity contribution in [2.24, 2.45) is 0 Å². The lowest BCUT2D eigenvalue weighted by Gasteiger charge is -2.10. The van der Waals surface area contributed by atoms with E-state index in [0.717, 1.165) is 0 Å². The fraction of sp³-hybridized carbons (Fsp3) is 0.200. The van der Waals surface area contributed by atoms with Crippen molar-refractivity contribution < 1.29 is 13.9 Å². The maximum absolute atomic E-state index is 13.0. The molecule has 20 heavy (non-hydrogen) atoms. The molecule has 2 aromatic rings. The number of amides is 1. The first kappa shape index (κ1) is 14.0. The Bertz CT molecular complexity index is 602. The van der Waals surface area contributed by atoms with Crippen LogP contribution in [0, 0.1) is 5.82 Å². The number of nitrogens with one attached hydrogen (secondary N) is 1. The number of rotatable bonds is 5. The molecule has 0 atom stereocenters. The van der Waals surface area contributed by atoms with Crippen LogP contribution in [-0.2, 0) is 11.2 Å². The highest BCUT2D eigenvalue weighted by atomic mass is 19.1. The van der Waals surface area contributed by atoms with Gasteiger partial charge in [-0.15, -0.1) is 0 Å². The quantitative estimate of drug-likeness (QED) is 0.912. The second-order valence-corrected chi connectivity index (χ2v) is 4.14. The zero-order valence-corrected chi connectivity index (χ0v) is 11.1. The Labute approximate surface area is 116 Å². The molecule has 0 saturated carbocycles. The standard InChI is InChI=1S/C15H15FN2O2/c1-2-20-15-13(7-4-8-17-15)18-14(19)10-11-5-3-6-12(16)9-11/h3-9H,2,10H2,1H3,(H,18,19). The van der Waals surface area contributed by atoms with Gasteiger partial charge in [0.2, 0.25) is 11.8 Å². The van der Waals surface area contributed by atoms with E-state index in [1.54, 1.807) is 30.5 Å². The SMILES string of the molecule is CCOc1ncccc1NC(=O)Cc1cccc(F)c1. The van der Waals surface area contributed by atoms with Crippen LogP contribution in [-0.4, -0.2) is 17.5 Å². The number of carbonyl (C=O) groups is 1. The van der Waals surface area contributed by atoms with Gasteiger partial charge < -0.3 is 10.1 Å². The highest BCUT2D eigenvalue weighted by Gasteiger charge is 2.09. The van der Waals surface area contributed by atoms with E-state index in [4.69, 9.17) is 4.74 Å². The number of anilines is 1. The number of carbonyl (C=O) groups excluding carboxylic acids is 1. The van der Waals surface area contributed by atoms with Crippen molar-refractivity contribution in [3.05, 3.63) is 54.0 Å². The van der Waals surface area contributed by atoms with Crippen molar-refractivity contribution in [3.8, 4) is 5.88 Å². The van der Waals surface area contributed by atoms with Gasteiger partial charge in [0.1, 0.15) is 11.5 Å². The zero-order valence-electron chi connectivity index (χ0n) is 11.1. The maximum Gasteiger partial charge on any atom is 0.237 e. The van der Waals surface area contributed by atoms with Crippen LogP contribution in [0.4, 0.5) is 10.1 Å². The van der Waals surface area contributed by atoms with Crippen molar-refractivity contribution >= 4 is 11.6 Å². The first-order chi connectivity index (χ1) is 9.69. The van der Waals surface area contributed by atoms with Crippen molar-refractivity contribution in [3.63, 3.8) is 0 Å². The summed E-state index contributed by atoms with van der Waals surface area (Å²) in [6, 6.07) is 9.38. The normalized spacial score (nSPS) is 10.1. The molecule has 1 aromatic heterocycles. The highest BCUT2D eigenvalue weighted by molar-refractivity contribution is 5.93. The minimum Gasteiger partial charge on any atom is -0.476 e. The molecule has 0 radical (unpaired) electrons. The molecular formula is C15H15FN2O2. The molecule has 0 fully saturated rings. The molecule has 1 amide bonds. The predicted molar refractivity (Wildman–Crippen MR) is 74.1 cm³/mol. The number of pyridine rings is 1. The van der Waals surface area contributed by atoms with Gasteiger partial charge in [0.25, 0.3) is 0 Å². The van der Waals surface area contributed by atoms with Crippen LogP contribution in [0.3, 0.4) is 0 Å². The Morgan fingerprint density at radius 2 is 2.20 bits per heavy atom. The molecule has 0 saturated heterocycles. The number of aromatic nitrogens is 1. The van der Waals surface area contributed by atoms with Crippen LogP contribution in [0.2, 0.25) is 0 Å². The van der Waals surface area contributed by atoms with Gasteiger partial charge in [0.05, 0.1) is 13.0 Å². The molecule has 2 rings (SSSR count). The summed E-state index contributed by atoms with van der Waals surface area (Å²) in [4.78, 5) is 16.0. The molecule has 1 heterocycles. The number of hydrogen-bond donors (Lipinski definition) is 1. The number of nitrogens with zero attached hydrogens (tertiary/aromatic N) is 1. The van der Waals surface area contributed by atoms with Crippen LogP contribution < -0.4 is 10.1 Å². The Morgan fingerprint density at radius 1 is 1.35 bits per heavy atom. The minimum absolute atomic E-state index is 0.0955. The molecule has 0 bridgehead atoms. The van der Waals surface area contributed by atoms with E-state index in [-0.39, 0.29) is 18.1 Å². The van der Waals surface area contributed by atoms with E-state index in [9.17, 15) is 9.18 Å². The Morgan fingerprint density at radius 3 is 2.95 bits per heavy atom. The molecule has 5 heteroatoms. The predicted octanol–water partition coefficient (Wildman–Crippen LogP) is 2.80. The molecule has 0 aliphatic carbocycles. The molecular weight excluding hydrogens is 259 g/mol. The average Bonchev–Trinajstić information content (AvgIpc) is 2.41. The van der Waals surface area contributed by atoms with Gasteiger partial charge in [-0.1, -0.05) is 12.1 Å². The number of benzene rings is 1. The summed E-state index contributed by atoms with van der Waals surface area (Å²) >= 11 is 0. The van der Waals surface area contributed by atoms with Crippen molar-refractivity contribution in [2.45, 2.75) is 13.3 Å². The number of halogens is 1. The van der Waals surface area contributed by atoms with Gasteiger partial charge >= 0.3 is 0 Å². The van der Waals surface area contributed by atoms with Crippen LogP contribution >= 0.6 is 0 Å². The lowest BCUT2D eigenvalue weighted by Crippen LogP contribution is -2.15. The summed E-state index contributed by atoms with van der Waals surface area (Å²) in [6.45, 7) is 2.30. The molecule has 4 nitrogen and oxygen atoms in total. The van der Waals surface area contributed by atoms with Crippen molar-refractivity contribution in [1.82, 2.24) is 4.98 Å². The first-order valence-electron chi connectivity index (χ1n) is 6.31. The Balaban J connectivity index is 2.05. The van der Waals surface area contributed by atoms with Gasteiger partial charge in [0, 0.05) is 6.20 Å². The molecule has 104 valence electrons. The summed E-state index contributed by atoms with van der Waals surface area (Å²) in [7, 11) is 0. The lowest BCUT2D eigenvalue weighted by atomic mass is 10.1. The summed E-state index contributed by atoms with van der Waals surface area (Å²) in [5.74, 6) is -0.223. The van der Waals surface area contributed by atoms with Crippen LogP contribution in [0.5, 0.6) is 5.88 Å². The molecule has 0 aliphatic heterocycles. The summed E-state index contributed by atoms with van der Waals surface area (Å²) < 4.78 is 18.4. The van der Waals surface area contributed by atoms with E-state index in [1.165, 1.54) is 12.1 Å². The summed E-state index contributed by atoms with van der Waals surface area (Å²) in [5.41, 5.74) is 1.13. The second kappa shape index (κ2) is 6.65. The minimum atomic E-state index is -0.355. The van der Waals surface area contributed by atoms with E-state index < -0.39 is 0 Å². The topological polar surface area (TPSA) is 51.2 Å². The lowest BCUT2D eigenvalue weighted by molar-refractivity contribution is -0.115. The smallest absolute Gasteiger partial charge is 0.237 e. The number of ether oxygens (including phenoxy) is 1. The molecule has 1 aromatic carbocycles. The third kappa shape index (κ3) is 3.78. The van der Waals surface area contributed by atoms with E-state index in [2.05, 4.69) is 10.3 Å². The van der Waals surface area contributed by atoms with E-state index in [1.807, 2.05) is 6.92 Å². The van der Waals surface area contributed by atoms with E-state index >= 15 is 0 Å². The van der Waals surface area contributed by atoms with Gasteiger partial charge in [-0.3, -0.25) is 4.79 Å². The van der Waals surface area contributed by atoms with Crippen LogP contribution in [0.25, 0.3) is 0 Å².